The molecule has 0 spiro atoms. The Morgan fingerprint density at radius 3 is 2.20 bits per heavy atom. The van der Waals surface area contributed by atoms with E-state index in [1.165, 1.54) is 6.92 Å². The SMILES string of the molecule is CC(=O)CNC(=O)c1cc(Br)cc(Br)c1. The summed E-state index contributed by atoms with van der Waals surface area (Å²) in [5.41, 5.74) is 0.512. The van der Waals surface area contributed by atoms with Crippen LogP contribution in [0.5, 0.6) is 0 Å². The number of hydrogen-bond acceptors (Lipinski definition) is 2. The Hall–Kier alpha value is -0.680. The highest BCUT2D eigenvalue weighted by Crippen LogP contribution is 2.19. The minimum atomic E-state index is -0.257. The van der Waals surface area contributed by atoms with E-state index in [1.807, 2.05) is 6.07 Å². The number of rotatable bonds is 3. The second-order valence-electron chi connectivity index (χ2n) is 3.04. The second kappa shape index (κ2) is 5.42. The van der Waals surface area contributed by atoms with Crippen molar-refractivity contribution in [2.24, 2.45) is 0 Å². The van der Waals surface area contributed by atoms with Crippen LogP contribution in [0.2, 0.25) is 0 Å². The first kappa shape index (κ1) is 12.4. The number of carbonyl (C=O) groups excluding carboxylic acids is 2. The van der Waals surface area contributed by atoms with Crippen molar-refractivity contribution in [2.75, 3.05) is 6.54 Å². The van der Waals surface area contributed by atoms with Crippen molar-refractivity contribution < 1.29 is 9.59 Å². The van der Waals surface area contributed by atoms with Crippen molar-refractivity contribution in [1.82, 2.24) is 5.32 Å². The van der Waals surface area contributed by atoms with Gasteiger partial charge in [0.2, 0.25) is 0 Å². The van der Waals surface area contributed by atoms with Gasteiger partial charge in [-0.2, -0.15) is 0 Å². The zero-order chi connectivity index (χ0) is 11.4. The van der Waals surface area contributed by atoms with Crippen LogP contribution in [-0.4, -0.2) is 18.2 Å². The molecule has 1 rings (SSSR count). The first-order valence-electron chi connectivity index (χ1n) is 4.23. The summed E-state index contributed by atoms with van der Waals surface area (Å²) in [5, 5.41) is 2.52. The molecule has 0 saturated heterocycles. The number of ketones is 1. The van der Waals surface area contributed by atoms with Crippen LogP contribution in [0.15, 0.2) is 27.1 Å². The Morgan fingerprint density at radius 2 is 1.73 bits per heavy atom. The van der Waals surface area contributed by atoms with E-state index in [9.17, 15) is 9.59 Å². The van der Waals surface area contributed by atoms with E-state index in [-0.39, 0.29) is 18.2 Å². The molecule has 0 bridgehead atoms. The molecule has 1 amide bonds. The molecule has 5 heteroatoms. The lowest BCUT2D eigenvalue weighted by Crippen LogP contribution is -2.28. The fourth-order valence-corrected chi connectivity index (χ4v) is 2.29. The molecule has 0 unspecified atom stereocenters. The summed E-state index contributed by atoms with van der Waals surface area (Å²) in [5.74, 6) is -0.329. The van der Waals surface area contributed by atoms with Gasteiger partial charge < -0.3 is 5.32 Å². The smallest absolute Gasteiger partial charge is 0.251 e. The Balaban J connectivity index is 2.77. The third-order valence-corrected chi connectivity index (χ3v) is 2.54. The minimum absolute atomic E-state index is 0.0585. The first-order valence-corrected chi connectivity index (χ1v) is 5.81. The van der Waals surface area contributed by atoms with Crippen LogP contribution >= 0.6 is 31.9 Å². The average Bonchev–Trinajstić information content (AvgIpc) is 2.12. The summed E-state index contributed by atoms with van der Waals surface area (Å²) in [6.45, 7) is 1.49. The van der Waals surface area contributed by atoms with Gasteiger partial charge in [0.25, 0.3) is 5.91 Å². The minimum Gasteiger partial charge on any atom is -0.345 e. The molecule has 0 aliphatic rings. The number of halogens is 2. The van der Waals surface area contributed by atoms with Crippen molar-refractivity contribution in [3.63, 3.8) is 0 Å². The Kier molecular flexibility index (Phi) is 4.47. The van der Waals surface area contributed by atoms with E-state index in [4.69, 9.17) is 0 Å². The van der Waals surface area contributed by atoms with Crippen LogP contribution in [0.1, 0.15) is 17.3 Å². The molecule has 0 radical (unpaired) electrons. The van der Waals surface area contributed by atoms with E-state index >= 15 is 0 Å². The fourth-order valence-electron chi connectivity index (χ4n) is 0.992. The zero-order valence-electron chi connectivity index (χ0n) is 8.01. The van der Waals surface area contributed by atoms with Crippen molar-refractivity contribution in [2.45, 2.75) is 6.92 Å². The third kappa shape index (κ3) is 4.13. The van der Waals surface area contributed by atoms with Crippen molar-refractivity contribution in [3.05, 3.63) is 32.7 Å². The average molecular weight is 335 g/mol. The molecule has 0 atom stereocenters. The molecule has 0 aliphatic heterocycles. The number of carbonyl (C=O) groups is 2. The standard InChI is InChI=1S/C10H9Br2NO2/c1-6(14)5-13-10(15)7-2-8(11)4-9(12)3-7/h2-4H,5H2,1H3,(H,13,15). The van der Waals surface area contributed by atoms with Gasteiger partial charge in [-0.3, -0.25) is 9.59 Å². The van der Waals surface area contributed by atoms with Gasteiger partial charge in [-0.1, -0.05) is 31.9 Å². The van der Waals surface area contributed by atoms with E-state index in [1.54, 1.807) is 12.1 Å². The molecule has 0 heterocycles. The van der Waals surface area contributed by atoms with Gasteiger partial charge in [0.15, 0.2) is 0 Å². The van der Waals surface area contributed by atoms with Crippen molar-refractivity contribution in [3.8, 4) is 0 Å². The van der Waals surface area contributed by atoms with E-state index in [0.717, 1.165) is 8.95 Å². The molecule has 0 saturated carbocycles. The number of amides is 1. The summed E-state index contributed by atoms with van der Waals surface area (Å²) >= 11 is 6.57. The lowest BCUT2D eigenvalue weighted by atomic mass is 10.2. The van der Waals surface area contributed by atoms with E-state index in [0.29, 0.717) is 5.56 Å². The molecular weight excluding hydrogens is 326 g/mol. The maximum atomic E-state index is 11.5. The molecule has 1 aromatic rings. The molecule has 1 aromatic carbocycles. The number of hydrogen-bond donors (Lipinski definition) is 1. The maximum Gasteiger partial charge on any atom is 0.251 e. The van der Waals surface area contributed by atoms with Crippen LogP contribution in [0.3, 0.4) is 0 Å². The normalized spacial score (nSPS) is 9.80. The van der Waals surface area contributed by atoms with Gasteiger partial charge in [0.05, 0.1) is 6.54 Å². The van der Waals surface area contributed by atoms with Gasteiger partial charge in [0.1, 0.15) is 5.78 Å². The van der Waals surface area contributed by atoms with Crippen molar-refractivity contribution in [1.29, 1.82) is 0 Å². The largest absolute Gasteiger partial charge is 0.345 e. The number of nitrogens with one attached hydrogen (secondary N) is 1. The van der Waals surface area contributed by atoms with Crippen LogP contribution in [0, 0.1) is 0 Å². The second-order valence-corrected chi connectivity index (χ2v) is 4.87. The van der Waals surface area contributed by atoms with Crippen molar-refractivity contribution >= 4 is 43.6 Å². The van der Waals surface area contributed by atoms with E-state index < -0.39 is 0 Å². The van der Waals surface area contributed by atoms with Crippen LogP contribution in [-0.2, 0) is 4.79 Å². The lowest BCUT2D eigenvalue weighted by Gasteiger charge is -2.04. The Morgan fingerprint density at radius 1 is 1.20 bits per heavy atom. The summed E-state index contributed by atoms with van der Waals surface area (Å²) in [4.78, 5) is 22.2. The molecule has 3 nitrogen and oxygen atoms in total. The van der Waals surface area contributed by atoms with Crippen LogP contribution in [0.25, 0.3) is 0 Å². The third-order valence-electron chi connectivity index (χ3n) is 1.62. The highest BCUT2D eigenvalue weighted by atomic mass is 79.9. The lowest BCUT2D eigenvalue weighted by molar-refractivity contribution is -0.116. The van der Waals surface area contributed by atoms with Gasteiger partial charge in [-0.05, 0) is 25.1 Å². The highest BCUT2D eigenvalue weighted by molar-refractivity contribution is 9.11. The molecule has 0 aliphatic carbocycles. The topological polar surface area (TPSA) is 46.2 Å². The first-order chi connectivity index (χ1) is 6.99. The van der Waals surface area contributed by atoms with Crippen LogP contribution in [0.4, 0.5) is 0 Å². The predicted molar refractivity (Wildman–Crippen MR) is 64.9 cm³/mol. The monoisotopic (exact) mass is 333 g/mol. The summed E-state index contributed by atoms with van der Waals surface area (Å²) in [6.07, 6.45) is 0. The highest BCUT2D eigenvalue weighted by Gasteiger charge is 2.07. The van der Waals surface area contributed by atoms with Crippen LogP contribution < -0.4 is 5.32 Å². The fraction of sp³-hybridized carbons (Fsp3) is 0.200. The molecule has 80 valence electrons. The molecule has 15 heavy (non-hydrogen) atoms. The summed E-state index contributed by atoms with van der Waals surface area (Å²) in [6, 6.07) is 5.22. The quantitative estimate of drug-likeness (QED) is 0.923. The summed E-state index contributed by atoms with van der Waals surface area (Å²) < 4.78 is 1.62. The van der Waals surface area contributed by atoms with Gasteiger partial charge in [0, 0.05) is 14.5 Å². The zero-order valence-corrected chi connectivity index (χ0v) is 11.2. The molecule has 0 fully saturated rings. The Labute approximate surface area is 104 Å². The number of Topliss-reactive ketones (excluding diaryl/α,β-unsaturated/α-hetero) is 1. The van der Waals surface area contributed by atoms with E-state index in [2.05, 4.69) is 37.2 Å². The van der Waals surface area contributed by atoms with Gasteiger partial charge in [-0.25, -0.2) is 0 Å². The van der Waals surface area contributed by atoms with Gasteiger partial charge >= 0.3 is 0 Å². The molecular formula is C10H9Br2NO2. The predicted octanol–water partition coefficient (Wildman–Crippen LogP) is 2.53. The Bertz CT molecular complexity index is 384. The molecule has 0 aromatic heterocycles. The molecule has 1 N–H and O–H groups in total. The van der Waals surface area contributed by atoms with Gasteiger partial charge in [-0.15, -0.1) is 0 Å². The maximum absolute atomic E-state index is 11.5. The summed E-state index contributed by atoms with van der Waals surface area (Å²) in [7, 11) is 0. The number of benzene rings is 1.